The number of fused-ring (bicyclic) bond motifs is 1. The molecule has 0 aliphatic heterocycles. The molecule has 5 heteroatoms. The molecule has 4 nitrogen and oxygen atoms in total. The summed E-state index contributed by atoms with van der Waals surface area (Å²) in [5.41, 5.74) is 4.06. The van der Waals surface area contributed by atoms with Crippen molar-refractivity contribution in [1.82, 2.24) is 19.6 Å². The minimum absolute atomic E-state index is 0.590. The molecule has 0 saturated heterocycles. The predicted molar refractivity (Wildman–Crippen MR) is 91.4 cm³/mol. The Kier molecular flexibility index (Phi) is 3.32. The monoisotopic (exact) mass is 320 g/mol. The van der Waals surface area contributed by atoms with Gasteiger partial charge in [0.2, 0.25) is 0 Å². The van der Waals surface area contributed by atoms with Crippen LogP contribution in [0.4, 0.5) is 0 Å². The highest BCUT2D eigenvalue weighted by molar-refractivity contribution is 6.30. The van der Waals surface area contributed by atoms with E-state index in [2.05, 4.69) is 27.2 Å². The van der Waals surface area contributed by atoms with Crippen LogP contribution in [0.1, 0.15) is 5.82 Å². The summed E-state index contributed by atoms with van der Waals surface area (Å²) in [4.78, 5) is 8.81. The zero-order valence-corrected chi connectivity index (χ0v) is 13.2. The van der Waals surface area contributed by atoms with Crippen LogP contribution in [0.3, 0.4) is 0 Å². The summed E-state index contributed by atoms with van der Waals surface area (Å²) in [6.45, 7) is 1.86. The lowest BCUT2D eigenvalue weighted by Gasteiger charge is -2.11. The Bertz CT molecular complexity index is 975. The highest BCUT2D eigenvalue weighted by Crippen LogP contribution is 2.32. The molecule has 0 saturated carbocycles. The Hall–Kier alpha value is -2.72. The van der Waals surface area contributed by atoms with E-state index in [1.165, 1.54) is 0 Å². The molecule has 0 radical (unpaired) electrons. The zero-order valence-electron chi connectivity index (χ0n) is 12.4. The molecule has 4 rings (SSSR count). The van der Waals surface area contributed by atoms with Gasteiger partial charge in [0.05, 0.1) is 5.69 Å². The fraction of sp³-hybridized carbons (Fsp3) is 0.0556. The minimum atomic E-state index is 0.590. The summed E-state index contributed by atoms with van der Waals surface area (Å²) >= 11 is 6.03. The van der Waals surface area contributed by atoms with Gasteiger partial charge in [0.15, 0.2) is 0 Å². The number of aromatic nitrogens is 4. The minimum Gasteiger partial charge on any atom is -0.219 e. The van der Waals surface area contributed by atoms with Crippen molar-refractivity contribution >= 4 is 17.4 Å². The largest absolute Gasteiger partial charge is 0.252 e. The molecule has 0 spiro atoms. The second kappa shape index (κ2) is 5.48. The van der Waals surface area contributed by atoms with Gasteiger partial charge in [-0.2, -0.15) is 9.50 Å². The van der Waals surface area contributed by atoms with Crippen LogP contribution in [-0.2, 0) is 0 Å². The molecule has 2 aromatic heterocycles. The summed E-state index contributed by atoms with van der Waals surface area (Å²) in [5.74, 6) is 1.28. The van der Waals surface area contributed by atoms with Crippen molar-refractivity contribution < 1.29 is 0 Å². The van der Waals surface area contributed by atoms with Gasteiger partial charge in [0, 0.05) is 22.3 Å². The van der Waals surface area contributed by atoms with Crippen LogP contribution in [0.25, 0.3) is 28.2 Å². The van der Waals surface area contributed by atoms with Crippen molar-refractivity contribution in [3.05, 3.63) is 71.6 Å². The first-order valence-corrected chi connectivity index (χ1v) is 7.64. The smallest absolute Gasteiger partial charge is 0.219 e. The maximum Gasteiger partial charge on any atom is 0.252 e. The number of halogens is 1. The maximum absolute atomic E-state index is 6.03. The third-order valence-corrected chi connectivity index (χ3v) is 3.93. The Morgan fingerprint density at radius 1 is 0.913 bits per heavy atom. The standard InChI is InChI=1S/C18H13ClN4/c1-12-21-18-20-11-16(13-5-3-2-4-6-13)17(23(18)22-12)14-7-9-15(19)10-8-14/h2-11H,1H3. The number of hydrogen-bond acceptors (Lipinski definition) is 3. The SMILES string of the molecule is Cc1nc2ncc(-c3ccccc3)c(-c3ccc(Cl)cc3)n2n1. The number of hydrogen-bond donors (Lipinski definition) is 0. The van der Waals surface area contributed by atoms with Crippen LogP contribution in [0.2, 0.25) is 5.02 Å². The molecular weight excluding hydrogens is 308 g/mol. The molecule has 112 valence electrons. The molecule has 0 unspecified atom stereocenters. The van der Waals surface area contributed by atoms with Crippen LogP contribution >= 0.6 is 11.6 Å². The van der Waals surface area contributed by atoms with Crippen molar-refractivity contribution in [2.75, 3.05) is 0 Å². The molecule has 0 aliphatic carbocycles. The first-order chi connectivity index (χ1) is 11.2. The van der Waals surface area contributed by atoms with Crippen molar-refractivity contribution in [3.8, 4) is 22.4 Å². The molecule has 4 aromatic rings. The van der Waals surface area contributed by atoms with E-state index >= 15 is 0 Å². The Labute approximate surface area is 138 Å². The molecule has 2 aromatic carbocycles. The zero-order chi connectivity index (χ0) is 15.8. The fourth-order valence-corrected chi connectivity index (χ4v) is 2.78. The molecule has 2 heterocycles. The van der Waals surface area contributed by atoms with E-state index in [1.54, 1.807) is 4.52 Å². The van der Waals surface area contributed by atoms with E-state index in [1.807, 2.05) is 55.6 Å². The van der Waals surface area contributed by atoms with Crippen LogP contribution in [0, 0.1) is 6.92 Å². The van der Waals surface area contributed by atoms with Gasteiger partial charge in [0.1, 0.15) is 5.82 Å². The lowest BCUT2D eigenvalue weighted by Crippen LogP contribution is -2.00. The molecule has 0 atom stereocenters. The highest BCUT2D eigenvalue weighted by Gasteiger charge is 2.15. The average Bonchev–Trinajstić information content (AvgIpc) is 2.96. The van der Waals surface area contributed by atoms with Crippen molar-refractivity contribution in [2.45, 2.75) is 6.92 Å². The van der Waals surface area contributed by atoms with E-state index in [4.69, 9.17) is 11.6 Å². The number of rotatable bonds is 2. The van der Waals surface area contributed by atoms with Gasteiger partial charge >= 0.3 is 0 Å². The first kappa shape index (κ1) is 13.9. The fourth-order valence-electron chi connectivity index (χ4n) is 2.65. The second-order valence-electron chi connectivity index (χ2n) is 5.26. The lowest BCUT2D eigenvalue weighted by molar-refractivity contribution is 0.925. The molecule has 23 heavy (non-hydrogen) atoms. The number of benzene rings is 2. The van der Waals surface area contributed by atoms with Crippen LogP contribution in [0.15, 0.2) is 60.8 Å². The quantitative estimate of drug-likeness (QED) is 0.549. The van der Waals surface area contributed by atoms with Gasteiger partial charge in [-0.1, -0.05) is 54.1 Å². The number of aryl methyl sites for hydroxylation is 1. The lowest BCUT2D eigenvalue weighted by atomic mass is 10.0. The van der Waals surface area contributed by atoms with Crippen molar-refractivity contribution in [2.24, 2.45) is 0 Å². The topological polar surface area (TPSA) is 43.1 Å². The summed E-state index contributed by atoms with van der Waals surface area (Å²) in [7, 11) is 0. The summed E-state index contributed by atoms with van der Waals surface area (Å²) in [5, 5.41) is 5.21. The molecule has 0 amide bonds. The summed E-state index contributed by atoms with van der Waals surface area (Å²) < 4.78 is 1.79. The molecule has 0 bridgehead atoms. The second-order valence-corrected chi connectivity index (χ2v) is 5.70. The van der Waals surface area contributed by atoms with Crippen LogP contribution < -0.4 is 0 Å². The van der Waals surface area contributed by atoms with E-state index in [-0.39, 0.29) is 0 Å². The van der Waals surface area contributed by atoms with Gasteiger partial charge in [-0.3, -0.25) is 0 Å². The van der Waals surface area contributed by atoms with E-state index in [0.717, 1.165) is 22.4 Å². The van der Waals surface area contributed by atoms with Crippen molar-refractivity contribution in [1.29, 1.82) is 0 Å². The average molecular weight is 321 g/mol. The van der Waals surface area contributed by atoms with Gasteiger partial charge in [-0.15, -0.1) is 5.10 Å². The summed E-state index contributed by atoms with van der Waals surface area (Å²) in [6, 6.07) is 17.9. The Morgan fingerprint density at radius 3 is 2.39 bits per heavy atom. The van der Waals surface area contributed by atoms with Gasteiger partial charge in [-0.25, -0.2) is 4.98 Å². The molecular formula is C18H13ClN4. The van der Waals surface area contributed by atoms with E-state index < -0.39 is 0 Å². The predicted octanol–water partition coefficient (Wildman–Crippen LogP) is 4.42. The van der Waals surface area contributed by atoms with Gasteiger partial charge < -0.3 is 0 Å². The highest BCUT2D eigenvalue weighted by atomic mass is 35.5. The van der Waals surface area contributed by atoms with Gasteiger partial charge in [0.25, 0.3) is 5.78 Å². The van der Waals surface area contributed by atoms with Crippen LogP contribution in [-0.4, -0.2) is 19.6 Å². The molecule has 0 aliphatic rings. The van der Waals surface area contributed by atoms with Gasteiger partial charge in [-0.05, 0) is 24.6 Å². The Morgan fingerprint density at radius 2 is 1.65 bits per heavy atom. The van der Waals surface area contributed by atoms with Crippen molar-refractivity contribution in [3.63, 3.8) is 0 Å². The Balaban J connectivity index is 2.06. The van der Waals surface area contributed by atoms with Crippen LogP contribution in [0.5, 0.6) is 0 Å². The van der Waals surface area contributed by atoms with E-state index in [9.17, 15) is 0 Å². The maximum atomic E-state index is 6.03. The van der Waals surface area contributed by atoms with E-state index in [0.29, 0.717) is 16.6 Å². The first-order valence-electron chi connectivity index (χ1n) is 7.26. The summed E-state index contributed by atoms with van der Waals surface area (Å²) in [6.07, 6.45) is 1.85. The molecule has 0 N–H and O–H groups in total. The molecule has 0 fully saturated rings. The third kappa shape index (κ3) is 2.47. The third-order valence-electron chi connectivity index (χ3n) is 3.67. The number of nitrogens with zero attached hydrogens (tertiary/aromatic N) is 4. The normalized spacial score (nSPS) is 11.0.